The van der Waals surface area contributed by atoms with Crippen LogP contribution in [0.25, 0.3) is 0 Å². The normalized spacial score (nSPS) is 10.6. The monoisotopic (exact) mass is 436 g/mol. The van der Waals surface area contributed by atoms with Gasteiger partial charge in [0.05, 0.1) is 0 Å². The number of hydrogen-bond acceptors (Lipinski definition) is 6. The number of rotatable bonds is 4. The Balaban J connectivity index is 5.49. The molecule has 0 rings (SSSR count). The molecule has 0 aliphatic heterocycles. The van der Waals surface area contributed by atoms with E-state index in [1.165, 1.54) is 23.5 Å². The summed E-state index contributed by atoms with van der Waals surface area (Å²) in [6, 6.07) is 0. The van der Waals surface area contributed by atoms with E-state index in [2.05, 4.69) is 35.9 Å². The first-order chi connectivity index (χ1) is 9.49. The highest BCUT2D eigenvalue weighted by atomic mass is 32.2. The van der Waals surface area contributed by atoms with E-state index in [-0.39, 0.29) is 8.64 Å². The molecule has 21 heavy (non-hydrogen) atoms. The van der Waals surface area contributed by atoms with Crippen molar-refractivity contribution < 1.29 is 0 Å². The number of thioether (sulfide) groups is 2. The molecule has 4 nitrogen and oxygen atoms in total. The summed E-state index contributed by atoms with van der Waals surface area (Å²) in [6.45, 7) is 0. The van der Waals surface area contributed by atoms with Gasteiger partial charge in [0.2, 0.25) is 4.33 Å². The second kappa shape index (κ2) is 9.96. The molecule has 12 heteroatoms. The zero-order chi connectivity index (χ0) is 16.8. The first-order valence-corrected chi connectivity index (χ1v) is 9.48. The molecule has 0 radical (unpaired) electrons. The summed E-state index contributed by atoms with van der Waals surface area (Å²) in [7, 11) is 7.42. The van der Waals surface area contributed by atoms with Gasteiger partial charge in [0.15, 0.2) is 0 Å². The number of thiocarbonyl (C=S) groups is 4. The molecule has 0 fully saturated rings. The van der Waals surface area contributed by atoms with Crippen LogP contribution in [0, 0.1) is 0 Å². The predicted molar refractivity (Wildman–Crippen MR) is 120 cm³/mol. The fraction of sp³-hybridized carbons (Fsp3) is 0.556. The van der Waals surface area contributed by atoms with Crippen LogP contribution in [0.4, 0.5) is 0 Å². The minimum atomic E-state index is -0.916. The number of thiol groups is 2. The molecule has 120 valence electrons. The van der Waals surface area contributed by atoms with Crippen molar-refractivity contribution in [2.45, 2.75) is 4.33 Å². The van der Waals surface area contributed by atoms with E-state index in [4.69, 9.17) is 48.9 Å². The quantitative estimate of drug-likeness (QED) is 0.299. The van der Waals surface area contributed by atoms with E-state index in [1.54, 1.807) is 9.80 Å². The van der Waals surface area contributed by atoms with Crippen LogP contribution in [0.2, 0.25) is 0 Å². The zero-order valence-corrected chi connectivity index (χ0v) is 18.4. The van der Waals surface area contributed by atoms with Crippen LogP contribution in [-0.2, 0) is 0 Å². The van der Waals surface area contributed by atoms with Gasteiger partial charge in [-0.3, -0.25) is 0 Å². The summed E-state index contributed by atoms with van der Waals surface area (Å²) in [5, 5.41) is 6.08. The average Bonchev–Trinajstić information content (AvgIpc) is 2.25. The van der Waals surface area contributed by atoms with Gasteiger partial charge in [0.25, 0.3) is 0 Å². The molecule has 0 aliphatic carbocycles. The maximum atomic E-state index is 5.35. The van der Waals surface area contributed by atoms with Crippen molar-refractivity contribution in [1.29, 1.82) is 0 Å². The Morgan fingerprint density at radius 2 is 1.10 bits per heavy atom. The van der Waals surface area contributed by atoms with Crippen molar-refractivity contribution >= 4 is 115 Å². The van der Waals surface area contributed by atoms with Crippen LogP contribution in [0.1, 0.15) is 0 Å². The maximum absolute atomic E-state index is 5.35. The van der Waals surface area contributed by atoms with Gasteiger partial charge in [-0.15, -0.1) is 25.3 Å². The molecule has 0 aromatic rings. The molecular formula is C9H16N4S8. The Bertz CT molecular complexity index is 395. The van der Waals surface area contributed by atoms with Crippen LogP contribution < -0.4 is 10.6 Å². The van der Waals surface area contributed by atoms with Crippen LogP contribution in [-0.4, -0.2) is 59.6 Å². The molecule has 2 N–H and O–H groups in total. The second-order valence-electron chi connectivity index (χ2n) is 4.00. The highest BCUT2D eigenvalue weighted by molar-refractivity contribution is 8.37. The number of nitrogens with zero attached hydrogens (tertiary/aromatic N) is 2. The minimum Gasteiger partial charge on any atom is -0.363 e. The zero-order valence-electron chi connectivity index (χ0n) is 11.7. The summed E-state index contributed by atoms with van der Waals surface area (Å²) >= 11 is 31.7. The lowest BCUT2D eigenvalue weighted by atomic mass is 10.9. The summed E-state index contributed by atoms with van der Waals surface area (Å²) in [5.74, 6) is 0. The van der Waals surface area contributed by atoms with Crippen LogP contribution >= 0.6 is 97.7 Å². The van der Waals surface area contributed by atoms with Crippen LogP contribution in [0.5, 0.6) is 0 Å². The van der Waals surface area contributed by atoms with Crippen molar-refractivity contribution in [1.82, 2.24) is 20.4 Å². The molecule has 0 bridgehead atoms. The lowest BCUT2D eigenvalue weighted by Gasteiger charge is -2.36. The van der Waals surface area contributed by atoms with Gasteiger partial charge in [0, 0.05) is 28.2 Å². The Kier molecular flexibility index (Phi) is 10.4. The highest BCUT2D eigenvalue weighted by Crippen LogP contribution is 2.36. The van der Waals surface area contributed by atoms with Gasteiger partial charge in [-0.1, -0.05) is 48.9 Å². The summed E-state index contributed by atoms with van der Waals surface area (Å²) in [5.41, 5.74) is 0. The van der Waals surface area contributed by atoms with Gasteiger partial charge in [-0.05, 0) is 23.5 Å². The van der Waals surface area contributed by atoms with E-state index in [0.717, 1.165) is 0 Å². The molecule has 0 unspecified atom stereocenters. The Hall–Kier alpha value is 0.960. The van der Waals surface area contributed by atoms with E-state index < -0.39 is 4.33 Å². The Morgan fingerprint density at radius 1 is 0.810 bits per heavy atom. The van der Waals surface area contributed by atoms with Gasteiger partial charge in [-0.25, -0.2) is 0 Å². The topological polar surface area (TPSA) is 30.5 Å². The Morgan fingerprint density at radius 3 is 1.29 bits per heavy atom. The molecule has 0 heterocycles. The molecule has 0 saturated carbocycles. The second-order valence-corrected chi connectivity index (χ2v) is 10.3. The largest absolute Gasteiger partial charge is 0.363 e. The van der Waals surface area contributed by atoms with Crippen LogP contribution in [0.3, 0.4) is 0 Å². The first kappa shape index (κ1) is 22.0. The smallest absolute Gasteiger partial charge is 0.221 e. The molecule has 0 saturated heterocycles. The third kappa shape index (κ3) is 8.98. The molecule has 0 aromatic carbocycles. The average molecular weight is 437 g/mol. The van der Waals surface area contributed by atoms with E-state index >= 15 is 0 Å². The lowest BCUT2D eigenvalue weighted by Crippen LogP contribution is -2.55. The number of nitrogens with one attached hydrogen (secondary N) is 2. The van der Waals surface area contributed by atoms with E-state index in [0.29, 0.717) is 8.64 Å². The first-order valence-electron chi connectivity index (χ1n) is 5.32. The van der Waals surface area contributed by atoms with E-state index in [1.807, 2.05) is 28.2 Å². The van der Waals surface area contributed by atoms with Crippen molar-refractivity contribution in [3.05, 3.63) is 0 Å². The van der Waals surface area contributed by atoms with Gasteiger partial charge >= 0.3 is 0 Å². The standard InChI is InChI=1S/C9H16N4S8/c1-12(2)7(18)20-9(10-5(14)15,11-6(16)17)21-8(19)13(3)4/h1-4H3,(H2,10,14,15)(H2,11,16,17). The molecule has 0 spiro atoms. The van der Waals surface area contributed by atoms with Crippen LogP contribution in [0.15, 0.2) is 0 Å². The van der Waals surface area contributed by atoms with Gasteiger partial charge < -0.3 is 20.4 Å². The molecular weight excluding hydrogens is 421 g/mol. The van der Waals surface area contributed by atoms with Crippen molar-refractivity contribution in [3.8, 4) is 0 Å². The predicted octanol–water partition coefficient (Wildman–Crippen LogP) is 2.37. The summed E-state index contributed by atoms with van der Waals surface area (Å²) < 4.78 is 0.905. The van der Waals surface area contributed by atoms with E-state index in [9.17, 15) is 0 Å². The van der Waals surface area contributed by atoms with Gasteiger partial charge in [0.1, 0.15) is 17.3 Å². The number of hydrogen-bond donors (Lipinski definition) is 4. The molecule has 0 aliphatic rings. The van der Waals surface area contributed by atoms with Crippen molar-refractivity contribution in [2.24, 2.45) is 0 Å². The van der Waals surface area contributed by atoms with Crippen molar-refractivity contribution in [3.63, 3.8) is 0 Å². The Labute approximate surface area is 166 Å². The SMILES string of the molecule is CN(C)C(=S)SC(NC(=S)S)(NC(=S)S)SC(=S)N(C)C. The molecule has 0 atom stereocenters. The lowest BCUT2D eigenvalue weighted by molar-refractivity contribution is 0.642. The van der Waals surface area contributed by atoms with Crippen molar-refractivity contribution in [2.75, 3.05) is 28.2 Å². The molecule has 0 amide bonds. The third-order valence-corrected chi connectivity index (χ3v) is 5.96. The van der Waals surface area contributed by atoms with Gasteiger partial charge in [-0.2, -0.15) is 0 Å². The fourth-order valence-corrected chi connectivity index (χ4v) is 5.24. The summed E-state index contributed by atoms with van der Waals surface area (Å²) in [6.07, 6.45) is 0. The highest BCUT2D eigenvalue weighted by Gasteiger charge is 2.37. The third-order valence-electron chi connectivity index (χ3n) is 1.74. The summed E-state index contributed by atoms with van der Waals surface area (Å²) in [4.78, 5) is 3.61. The minimum absolute atomic E-state index is 0.287. The molecule has 0 aromatic heterocycles. The fourth-order valence-electron chi connectivity index (χ4n) is 0.864. The maximum Gasteiger partial charge on any atom is 0.221 e.